The summed E-state index contributed by atoms with van der Waals surface area (Å²) in [6.45, 7) is 1.76. The molecule has 1 heterocycles. The Bertz CT molecular complexity index is 886. The van der Waals surface area contributed by atoms with Crippen molar-refractivity contribution in [2.45, 2.75) is 24.8 Å². The lowest BCUT2D eigenvalue weighted by atomic mass is 10.1. The lowest BCUT2D eigenvalue weighted by Gasteiger charge is -2.32. The first-order valence-corrected chi connectivity index (χ1v) is 8.70. The van der Waals surface area contributed by atoms with Crippen molar-refractivity contribution in [2.24, 2.45) is 0 Å². The zero-order valence-electron chi connectivity index (χ0n) is 13.2. The SMILES string of the molecule is Cc1cc(NS(=O)(=O)c2ccc3c(c2)N(C)C(O)OC3)ccc1F. The molecule has 1 unspecified atom stereocenters. The molecule has 3 rings (SSSR count). The monoisotopic (exact) mass is 352 g/mol. The first-order valence-electron chi connectivity index (χ1n) is 7.22. The third-order valence-electron chi connectivity index (χ3n) is 3.88. The fourth-order valence-corrected chi connectivity index (χ4v) is 3.55. The standard InChI is InChI=1S/C16H17FN2O4S/c1-10-7-12(4-6-14(10)17)18-24(21,22)13-5-3-11-9-23-16(20)19(2)15(11)8-13/h3-8,16,18,20H,9H2,1-2H3. The Hall–Kier alpha value is -2.16. The summed E-state index contributed by atoms with van der Waals surface area (Å²) in [5.74, 6) is -0.401. The van der Waals surface area contributed by atoms with Crippen LogP contribution in [0.15, 0.2) is 41.3 Å². The van der Waals surface area contributed by atoms with Gasteiger partial charge in [0.25, 0.3) is 10.0 Å². The molecule has 8 heteroatoms. The van der Waals surface area contributed by atoms with Crippen molar-refractivity contribution < 1.29 is 22.7 Å². The maximum absolute atomic E-state index is 13.3. The summed E-state index contributed by atoms with van der Waals surface area (Å²) < 4.78 is 46.0. The van der Waals surface area contributed by atoms with Crippen molar-refractivity contribution in [1.29, 1.82) is 0 Å². The van der Waals surface area contributed by atoms with Crippen molar-refractivity contribution in [1.82, 2.24) is 0 Å². The van der Waals surface area contributed by atoms with Gasteiger partial charge in [-0.15, -0.1) is 0 Å². The van der Waals surface area contributed by atoms with E-state index in [1.807, 2.05) is 0 Å². The molecule has 128 valence electrons. The van der Waals surface area contributed by atoms with E-state index in [1.165, 1.54) is 35.2 Å². The van der Waals surface area contributed by atoms with Gasteiger partial charge in [-0.05, 0) is 42.8 Å². The average molecular weight is 352 g/mol. The number of fused-ring (bicyclic) bond motifs is 1. The molecule has 2 N–H and O–H groups in total. The fourth-order valence-electron chi connectivity index (χ4n) is 2.48. The number of ether oxygens (including phenoxy) is 1. The summed E-state index contributed by atoms with van der Waals surface area (Å²) in [5.41, 5.74) is 1.98. The average Bonchev–Trinajstić information content (AvgIpc) is 2.54. The molecule has 0 amide bonds. The van der Waals surface area contributed by atoms with Crippen molar-refractivity contribution in [3.63, 3.8) is 0 Å². The highest BCUT2D eigenvalue weighted by Crippen LogP contribution is 2.30. The van der Waals surface area contributed by atoms with E-state index < -0.39 is 22.3 Å². The summed E-state index contributed by atoms with van der Waals surface area (Å²) in [6.07, 6.45) is -1.12. The third kappa shape index (κ3) is 3.08. The smallest absolute Gasteiger partial charge is 0.261 e. The molecule has 0 bridgehead atoms. The quantitative estimate of drug-likeness (QED) is 0.885. The molecule has 1 aliphatic rings. The fraction of sp³-hybridized carbons (Fsp3) is 0.250. The van der Waals surface area contributed by atoms with Gasteiger partial charge in [0.15, 0.2) is 0 Å². The second-order valence-corrected chi connectivity index (χ2v) is 7.29. The molecule has 0 saturated heterocycles. The van der Waals surface area contributed by atoms with Crippen LogP contribution in [0, 0.1) is 12.7 Å². The van der Waals surface area contributed by atoms with Gasteiger partial charge >= 0.3 is 0 Å². The van der Waals surface area contributed by atoms with Crippen molar-refractivity contribution in [3.8, 4) is 0 Å². The number of hydrogen-bond acceptors (Lipinski definition) is 5. The summed E-state index contributed by atoms with van der Waals surface area (Å²) in [5, 5.41) is 9.71. The van der Waals surface area contributed by atoms with Crippen LogP contribution in [-0.4, -0.2) is 27.0 Å². The number of aliphatic hydroxyl groups excluding tert-OH is 1. The molecule has 0 aromatic heterocycles. The minimum atomic E-state index is -3.84. The molecule has 0 saturated carbocycles. The van der Waals surface area contributed by atoms with E-state index >= 15 is 0 Å². The lowest BCUT2D eigenvalue weighted by molar-refractivity contribution is -0.112. The number of sulfonamides is 1. The van der Waals surface area contributed by atoms with Crippen LogP contribution in [0.3, 0.4) is 0 Å². The molecule has 1 aliphatic heterocycles. The van der Waals surface area contributed by atoms with Gasteiger partial charge in [0, 0.05) is 24.0 Å². The number of aliphatic hydroxyl groups is 1. The van der Waals surface area contributed by atoms with Gasteiger partial charge in [-0.3, -0.25) is 4.72 Å². The first-order chi connectivity index (χ1) is 11.3. The number of aryl methyl sites for hydroxylation is 1. The van der Waals surface area contributed by atoms with E-state index in [9.17, 15) is 17.9 Å². The van der Waals surface area contributed by atoms with Gasteiger partial charge in [-0.2, -0.15) is 0 Å². The number of nitrogens with one attached hydrogen (secondary N) is 1. The van der Waals surface area contributed by atoms with Gasteiger partial charge < -0.3 is 14.7 Å². The summed E-state index contributed by atoms with van der Waals surface area (Å²) in [4.78, 5) is 1.49. The molecule has 2 aromatic rings. The topological polar surface area (TPSA) is 78.9 Å². The highest BCUT2D eigenvalue weighted by molar-refractivity contribution is 7.92. The van der Waals surface area contributed by atoms with Crippen LogP contribution >= 0.6 is 0 Å². The number of halogens is 1. The molecule has 0 aliphatic carbocycles. The van der Waals surface area contributed by atoms with Gasteiger partial charge in [-0.1, -0.05) is 6.07 Å². The number of nitrogens with zero attached hydrogens (tertiary/aromatic N) is 1. The van der Waals surface area contributed by atoms with E-state index in [2.05, 4.69) is 4.72 Å². The normalized spacial score (nSPS) is 17.5. The van der Waals surface area contributed by atoms with Gasteiger partial charge in [-0.25, -0.2) is 12.8 Å². The molecular formula is C16H17FN2O4S. The highest BCUT2D eigenvalue weighted by Gasteiger charge is 2.24. The number of benzene rings is 2. The molecule has 0 fully saturated rings. The third-order valence-corrected chi connectivity index (χ3v) is 5.26. The van der Waals surface area contributed by atoms with Crippen molar-refractivity contribution >= 4 is 21.4 Å². The first kappa shape index (κ1) is 16.7. The zero-order chi connectivity index (χ0) is 17.5. The van der Waals surface area contributed by atoms with E-state index in [1.54, 1.807) is 20.0 Å². The van der Waals surface area contributed by atoms with Crippen LogP contribution in [0.4, 0.5) is 15.8 Å². The Labute approximate surface area is 139 Å². The van der Waals surface area contributed by atoms with Crippen LogP contribution in [0.1, 0.15) is 11.1 Å². The highest BCUT2D eigenvalue weighted by atomic mass is 32.2. The Morgan fingerprint density at radius 3 is 2.75 bits per heavy atom. The van der Waals surface area contributed by atoms with Crippen LogP contribution in [-0.2, 0) is 21.4 Å². The second-order valence-electron chi connectivity index (χ2n) is 5.61. The van der Waals surface area contributed by atoms with Crippen molar-refractivity contribution in [3.05, 3.63) is 53.3 Å². The maximum atomic E-state index is 13.3. The number of hydrogen-bond donors (Lipinski definition) is 2. The molecule has 0 radical (unpaired) electrons. The summed E-state index contributed by atoms with van der Waals surface area (Å²) in [6, 6.07) is 8.58. The molecule has 24 heavy (non-hydrogen) atoms. The lowest BCUT2D eigenvalue weighted by Crippen LogP contribution is -2.37. The van der Waals surface area contributed by atoms with E-state index in [0.717, 1.165) is 5.56 Å². The van der Waals surface area contributed by atoms with Crippen molar-refractivity contribution in [2.75, 3.05) is 16.7 Å². The Morgan fingerprint density at radius 1 is 1.29 bits per heavy atom. The Morgan fingerprint density at radius 2 is 2.04 bits per heavy atom. The number of rotatable bonds is 3. The minimum Gasteiger partial charge on any atom is -0.351 e. The maximum Gasteiger partial charge on any atom is 0.261 e. The van der Waals surface area contributed by atoms with Gasteiger partial charge in [0.2, 0.25) is 6.41 Å². The number of anilines is 2. The Balaban J connectivity index is 1.94. The summed E-state index contributed by atoms with van der Waals surface area (Å²) in [7, 11) is -2.23. The molecule has 0 spiro atoms. The molecule has 6 nitrogen and oxygen atoms in total. The van der Waals surface area contributed by atoms with Crippen LogP contribution in [0.5, 0.6) is 0 Å². The Kier molecular flexibility index (Phi) is 4.20. The zero-order valence-corrected chi connectivity index (χ0v) is 14.0. The van der Waals surface area contributed by atoms with Gasteiger partial charge in [0.05, 0.1) is 11.5 Å². The molecule has 1 atom stereocenters. The van der Waals surface area contributed by atoms with Gasteiger partial charge in [0.1, 0.15) is 5.82 Å². The predicted molar refractivity (Wildman–Crippen MR) is 87.6 cm³/mol. The molecule has 2 aromatic carbocycles. The van der Waals surface area contributed by atoms with Crippen LogP contribution < -0.4 is 9.62 Å². The van der Waals surface area contributed by atoms with Crippen LogP contribution in [0.25, 0.3) is 0 Å². The largest absolute Gasteiger partial charge is 0.351 e. The minimum absolute atomic E-state index is 0.0455. The van der Waals surface area contributed by atoms with E-state index in [0.29, 0.717) is 11.3 Å². The molecular weight excluding hydrogens is 335 g/mol. The second kappa shape index (κ2) is 6.04. The van der Waals surface area contributed by atoms with E-state index in [4.69, 9.17) is 4.74 Å². The predicted octanol–water partition coefficient (Wildman–Crippen LogP) is 2.18. The van der Waals surface area contributed by atoms with Crippen LogP contribution in [0.2, 0.25) is 0 Å². The van der Waals surface area contributed by atoms with E-state index in [-0.39, 0.29) is 17.2 Å². The summed E-state index contributed by atoms with van der Waals surface area (Å²) >= 11 is 0.